The van der Waals surface area contributed by atoms with Crippen molar-refractivity contribution in [3.63, 3.8) is 0 Å². The fraction of sp³-hybridized carbons (Fsp3) is 0.500. The van der Waals surface area contributed by atoms with E-state index in [1.54, 1.807) is 0 Å². The average Bonchev–Trinajstić information content (AvgIpc) is 2.36. The second-order valence-corrected chi connectivity index (χ2v) is 4.78. The normalized spacial score (nSPS) is 16.8. The summed E-state index contributed by atoms with van der Waals surface area (Å²) in [6.45, 7) is 1.52. The number of halogens is 3. The fourth-order valence-electron chi connectivity index (χ4n) is 1.61. The van der Waals surface area contributed by atoms with Crippen molar-refractivity contribution in [3.05, 3.63) is 28.2 Å². The van der Waals surface area contributed by atoms with E-state index in [1.165, 1.54) is 6.07 Å². The van der Waals surface area contributed by atoms with Crippen molar-refractivity contribution in [1.82, 2.24) is 0 Å². The van der Waals surface area contributed by atoms with Crippen LogP contribution in [0.4, 0.5) is 8.78 Å². The van der Waals surface area contributed by atoms with Gasteiger partial charge in [0, 0.05) is 10.9 Å². The van der Waals surface area contributed by atoms with Crippen molar-refractivity contribution in [2.24, 2.45) is 0 Å². The quantitative estimate of drug-likeness (QED) is 0.796. The van der Waals surface area contributed by atoms with Crippen molar-refractivity contribution in [3.8, 4) is 5.75 Å². The number of rotatable bonds is 4. The third-order valence-electron chi connectivity index (χ3n) is 2.47. The Bertz CT molecular complexity index is 409. The topological polar surface area (TPSA) is 27.7 Å². The average molecular weight is 323 g/mol. The molecule has 3 nitrogen and oxygen atoms in total. The van der Waals surface area contributed by atoms with Gasteiger partial charge in [0.05, 0.1) is 19.8 Å². The van der Waals surface area contributed by atoms with E-state index < -0.39 is 11.6 Å². The van der Waals surface area contributed by atoms with Crippen LogP contribution in [-0.4, -0.2) is 26.1 Å². The van der Waals surface area contributed by atoms with Gasteiger partial charge >= 0.3 is 0 Å². The van der Waals surface area contributed by atoms with Crippen LogP contribution >= 0.6 is 15.9 Å². The van der Waals surface area contributed by atoms with Gasteiger partial charge in [0.25, 0.3) is 0 Å². The Labute approximate surface area is 112 Å². The Balaban J connectivity index is 1.86. The zero-order valence-corrected chi connectivity index (χ0v) is 11.2. The molecule has 6 heteroatoms. The van der Waals surface area contributed by atoms with Gasteiger partial charge in [-0.2, -0.15) is 4.39 Å². The second-order valence-electron chi connectivity index (χ2n) is 3.86. The lowest BCUT2D eigenvalue weighted by molar-refractivity contribution is -0.183. The molecule has 1 aliphatic rings. The first-order valence-electron chi connectivity index (χ1n) is 5.67. The Hall–Kier alpha value is -0.720. The van der Waals surface area contributed by atoms with Crippen LogP contribution in [0.5, 0.6) is 5.75 Å². The number of ether oxygens (including phenoxy) is 3. The van der Waals surface area contributed by atoms with Gasteiger partial charge in [-0.1, -0.05) is 15.9 Å². The third kappa shape index (κ3) is 3.63. The van der Waals surface area contributed by atoms with Crippen LogP contribution in [0.15, 0.2) is 16.6 Å². The maximum atomic E-state index is 13.4. The second kappa shape index (κ2) is 6.45. The molecule has 1 aromatic carbocycles. The molecule has 0 aliphatic carbocycles. The summed E-state index contributed by atoms with van der Waals surface area (Å²) in [5.74, 6) is -2.04. The molecule has 1 fully saturated rings. The maximum Gasteiger partial charge on any atom is 0.200 e. The van der Waals surface area contributed by atoms with Gasteiger partial charge in [0.1, 0.15) is 0 Å². The summed E-state index contributed by atoms with van der Waals surface area (Å²) in [4.78, 5) is 0. The monoisotopic (exact) mass is 322 g/mol. The predicted molar refractivity (Wildman–Crippen MR) is 64.5 cm³/mol. The van der Waals surface area contributed by atoms with Crippen LogP contribution in [0.3, 0.4) is 0 Å². The molecular weight excluding hydrogens is 310 g/mol. The first kappa shape index (κ1) is 13.7. The molecule has 0 N–H and O–H groups in total. The van der Waals surface area contributed by atoms with Crippen LogP contribution in [0.2, 0.25) is 0 Å². The summed E-state index contributed by atoms with van der Waals surface area (Å²) in [6.07, 6.45) is 1.04. The van der Waals surface area contributed by atoms with Gasteiger partial charge in [-0.05, 0) is 18.6 Å². The van der Waals surface area contributed by atoms with Crippen LogP contribution in [0.1, 0.15) is 12.8 Å². The standard InChI is InChI=1S/C12H13BrF2O3/c13-8-6-9(14)12(15)10(7-8)16-5-2-11-17-3-1-4-18-11/h6-7,11H,1-5H2. The van der Waals surface area contributed by atoms with E-state index in [4.69, 9.17) is 14.2 Å². The smallest absolute Gasteiger partial charge is 0.200 e. The highest BCUT2D eigenvalue weighted by molar-refractivity contribution is 9.10. The molecule has 2 rings (SSSR count). The summed E-state index contributed by atoms with van der Waals surface area (Å²) in [5, 5.41) is 0. The van der Waals surface area contributed by atoms with Crippen LogP contribution in [-0.2, 0) is 9.47 Å². The predicted octanol–water partition coefficient (Wildman–Crippen LogP) is 3.26. The Kier molecular flexibility index (Phi) is 4.91. The highest BCUT2D eigenvalue weighted by atomic mass is 79.9. The van der Waals surface area contributed by atoms with Crippen LogP contribution < -0.4 is 4.74 Å². The van der Waals surface area contributed by atoms with Crippen LogP contribution in [0, 0.1) is 11.6 Å². The van der Waals surface area contributed by atoms with Gasteiger partial charge in [0.2, 0.25) is 5.82 Å². The van der Waals surface area contributed by atoms with Gasteiger partial charge in [-0.3, -0.25) is 0 Å². The molecule has 1 aromatic rings. The largest absolute Gasteiger partial charge is 0.490 e. The molecule has 0 radical (unpaired) electrons. The van der Waals surface area contributed by atoms with Crippen molar-refractivity contribution >= 4 is 15.9 Å². The molecule has 0 bridgehead atoms. The molecule has 0 amide bonds. The maximum absolute atomic E-state index is 13.4. The Morgan fingerprint density at radius 1 is 1.28 bits per heavy atom. The molecule has 1 heterocycles. The highest BCUT2D eigenvalue weighted by Crippen LogP contribution is 2.25. The lowest BCUT2D eigenvalue weighted by Gasteiger charge is -2.23. The van der Waals surface area contributed by atoms with Gasteiger partial charge in [-0.25, -0.2) is 4.39 Å². The fourth-order valence-corrected chi connectivity index (χ4v) is 2.01. The number of hydrogen-bond acceptors (Lipinski definition) is 3. The molecule has 1 saturated heterocycles. The molecule has 1 aliphatic heterocycles. The SMILES string of the molecule is Fc1cc(Br)cc(OCCC2OCCCO2)c1F. The molecule has 0 atom stereocenters. The Morgan fingerprint density at radius 3 is 2.72 bits per heavy atom. The molecule has 0 saturated carbocycles. The molecule has 100 valence electrons. The van der Waals surface area contributed by atoms with E-state index in [9.17, 15) is 8.78 Å². The number of benzene rings is 1. The summed E-state index contributed by atoms with van der Waals surface area (Å²) in [5.41, 5.74) is 0. The zero-order valence-electron chi connectivity index (χ0n) is 9.63. The van der Waals surface area contributed by atoms with Crippen molar-refractivity contribution in [2.75, 3.05) is 19.8 Å². The molecule has 0 unspecified atom stereocenters. The van der Waals surface area contributed by atoms with Crippen molar-refractivity contribution in [2.45, 2.75) is 19.1 Å². The minimum atomic E-state index is -0.983. The van der Waals surface area contributed by atoms with Crippen LogP contribution in [0.25, 0.3) is 0 Å². The van der Waals surface area contributed by atoms with E-state index in [-0.39, 0.29) is 18.6 Å². The molecule has 0 spiro atoms. The highest BCUT2D eigenvalue weighted by Gasteiger charge is 2.15. The molecular formula is C12H13BrF2O3. The Morgan fingerprint density at radius 2 is 2.00 bits per heavy atom. The van der Waals surface area contributed by atoms with E-state index in [1.807, 2.05) is 0 Å². The summed E-state index contributed by atoms with van der Waals surface area (Å²) >= 11 is 3.08. The molecule has 0 aromatic heterocycles. The van der Waals surface area contributed by atoms with E-state index >= 15 is 0 Å². The zero-order chi connectivity index (χ0) is 13.0. The summed E-state index contributed by atoms with van der Waals surface area (Å²) in [6, 6.07) is 2.44. The lowest BCUT2D eigenvalue weighted by atomic mass is 10.3. The minimum Gasteiger partial charge on any atom is -0.490 e. The van der Waals surface area contributed by atoms with Gasteiger partial charge in [0.15, 0.2) is 17.9 Å². The third-order valence-corrected chi connectivity index (χ3v) is 2.92. The minimum absolute atomic E-state index is 0.113. The summed E-state index contributed by atoms with van der Waals surface area (Å²) < 4.78 is 42.7. The van der Waals surface area contributed by atoms with E-state index in [2.05, 4.69) is 15.9 Å². The first-order chi connectivity index (χ1) is 8.66. The molecule has 18 heavy (non-hydrogen) atoms. The van der Waals surface area contributed by atoms with Crippen molar-refractivity contribution < 1.29 is 23.0 Å². The van der Waals surface area contributed by atoms with Gasteiger partial charge in [-0.15, -0.1) is 0 Å². The lowest BCUT2D eigenvalue weighted by Crippen LogP contribution is -2.26. The van der Waals surface area contributed by atoms with Crippen molar-refractivity contribution in [1.29, 1.82) is 0 Å². The van der Waals surface area contributed by atoms with Gasteiger partial charge < -0.3 is 14.2 Å². The number of hydrogen-bond donors (Lipinski definition) is 0. The van der Waals surface area contributed by atoms with E-state index in [0.717, 1.165) is 12.5 Å². The summed E-state index contributed by atoms with van der Waals surface area (Å²) in [7, 11) is 0. The van der Waals surface area contributed by atoms with E-state index in [0.29, 0.717) is 24.1 Å². The first-order valence-corrected chi connectivity index (χ1v) is 6.46.